The van der Waals surface area contributed by atoms with E-state index in [-0.39, 0.29) is 6.61 Å². The zero-order valence-corrected chi connectivity index (χ0v) is 9.76. The zero-order valence-electron chi connectivity index (χ0n) is 9.76. The zero-order chi connectivity index (χ0) is 12.1. The molecule has 2 rings (SSSR count). The van der Waals surface area contributed by atoms with E-state index in [1.54, 1.807) is 0 Å². The Balaban J connectivity index is 2.40. The lowest BCUT2D eigenvalue weighted by Crippen LogP contribution is -2.00. The van der Waals surface area contributed by atoms with Crippen molar-refractivity contribution in [3.05, 3.63) is 48.0 Å². The molecule has 1 aromatic carbocycles. The third-order valence-corrected chi connectivity index (χ3v) is 2.46. The lowest BCUT2D eigenvalue weighted by Gasteiger charge is -2.09. The average molecular weight is 229 g/mol. The number of pyridine rings is 1. The molecule has 0 bridgehead atoms. The molecule has 88 valence electrons. The molecule has 3 heteroatoms. The highest BCUT2D eigenvalue weighted by molar-refractivity contribution is 5.60. The maximum absolute atomic E-state index is 9.19. The van der Waals surface area contributed by atoms with Crippen LogP contribution in [-0.2, 0) is 6.61 Å². The number of hydrogen-bond acceptors (Lipinski definition) is 3. The first-order valence-corrected chi connectivity index (χ1v) is 5.64. The quantitative estimate of drug-likeness (QED) is 0.876. The smallest absolute Gasteiger partial charge is 0.219 e. The van der Waals surface area contributed by atoms with Gasteiger partial charge >= 0.3 is 0 Å². The van der Waals surface area contributed by atoms with E-state index in [0.717, 1.165) is 11.3 Å². The van der Waals surface area contributed by atoms with Gasteiger partial charge in [0.05, 0.1) is 18.9 Å². The first-order valence-electron chi connectivity index (χ1n) is 5.64. The highest BCUT2D eigenvalue weighted by atomic mass is 16.5. The number of rotatable bonds is 4. The molecule has 0 fully saturated rings. The summed E-state index contributed by atoms with van der Waals surface area (Å²) >= 11 is 0. The normalized spacial score (nSPS) is 10.2. The third-order valence-electron chi connectivity index (χ3n) is 2.46. The van der Waals surface area contributed by atoms with Crippen molar-refractivity contribution in [3.8, 4) is 17.1 Å². The molecule has 17 heavy (non-hydrogen) atoms. The van der Waals surface area contributed by atoms with Gasteiger partial charge in [0.15, 0.2) is 0 Å². The van der Waals surface area contributed by atoms with Crippen LogP contribution in [0.4, 0.5) is 0 Å². The van der Waals surface area contributed by atoms with Crippen molar-refractivity contribution in [2.24, 2.45) is 0 Å². The number of aromatic nitrogens is 1. The standard InChI is InChI=1S/C14H15NO2/c1-2-17-14-12(10-16)8-9-13(15-14)11-6-4-3-5-7-11/h3-9,16H,2,10H2,1H3. The molecular weight excluding hydrogens is 214 g/mol. The summed E-state index contributed by atoms with van der Waals surface area (Å²) in [5, 5.41) is 9.19. The number of ether oxygens (including phenoxy) is 1. The van der Waals surface area contributed by atoms with Crippen molar-refractivity contribution < 1.29 is 9.84 Å². The van der Waals surface area contributed by atoms with E-state index in [9.17, 15) is 5.11 Å². The van der Waals surface area contributed by atoms with Gasteiger partial charge in [0.25, 0.3) is 0 Å². The fourth-order valence-electron chi connectivity index (χ4n) is 1.62. The van der Waals surface area contributed by atoms with Crippen LogP contribution in [0.2, 0.25) is 0 Å². The summed E-state index contributed by atoms with van der Waals surface area (Å²) in [6.07, 6.45) is 0. The van der Waals surface area contributed by atoms with Crippen LogP contribution in [0.3, 0.4) is 0 Å². The monoisotopic (exact) mass is 229 g/mol. The molecule has 3 nitrogen and oxygen atoms in total. The Morgan fingerprint density at radius 1 is 1.12 bits per heavy atom. The van der Waals surface area contributed by atoms with Gasteiger partial charge in [0.2, 0.25) is 5.88 Å². The van der Waals surface area contributed by atoms with Crippen molar-refractivity contribution in [2.75, 3.05) is 6.61 Å². The van der Waals surface area contributed by atoms with Crippen LogP contribution in [0, 0.1) is 0 Å². The van der Waals surface area contributed by atoms with Crippen LogP contribution < -0.4 is 4.74 Å². The molecule has 1 heterocycles. The molecular formula is C14H15NO2. The number of aliphatic hydroxyl groups excluding tert-OH is 1. The third kappa shape index (κ3) is 2.63. The van der Waals surface area contributed by atoms with Gasteiger partial charge in [-0.2, -0.15) is 0 Å². The summed E-state index contributed by atoms with van der Waals surface area (Å²) in [7, 11) is 0. The van der Waals surface area contributed by atoms with Gasteiger partial charge in [0.1, 0.15) is 0 Å². The molecule has 1 aromatic heterocycles. The molecule has 0 aliphatic heterocycles. The Hall–Kier alpha value is -1.87. The molecule has 0 saturated heterocycles. The van der Waals surface area contributed by atoms with Crippen LogP contribution in [-0.4, -0.2) is 16.7 Å². The Kier molecular flexibility index (Phi) is 3.73. The maximum atomic E-state index is 9.19. The van der Waals surface area contributed by atoms with Crippen LogP contribution in [0.1, 0.15) is 12.5 Å². The largest absolute Gasteiger partial charge is 0.478 e. The van der Waals surface area contributed by atoms with Crippen LogP contribution in [0.15, 0.2) is 42.5 Å². The summed E-state index contributed by atoms with van der Waals surface area (Å²) in [5.41, 5.74) is 2.61. The predicted octanol–water partition coefficient (Wildman–Crippen LogP) is 2.64. The minimum Gasteiger partial charge on any atom is -0.478 e. The van der Waals surface area contributed by atoms with Gasteiger partial charge in [-0.15, -0.1) is 0 Å². The number of benzene rings is 1. The number of nitrogens with zero attached hydrogens (tertiary/aromatic N) is 1. The predicted molar refractivity (Wildman–Crippen MR) is 66.8 cm³/mol. The van der Waals surface area contributed by atoms with Crippen LogP contribution >= 0.6 is 0 Å². The Morgan fingerprint density at radius 2 is 1.88 bits per heavy atom. The van der Waals surface area contributed by atoms with E-state index >= 15 is 0 Å². The first-order chi connectivity index (χ1) is 8.35. The number of aliphatic hydroxyl groups is 1. The molecule has 0 aliphatic carbocycles. The summed E-state index contributed by atoms with van der Waals surface area (Å²) in [6, 6.07) is 13.6. The van der Waals surface area contributed by atoms with Crippen molar-refractivity contribution in [1.82, 2.24) is 4.98 Å². The number of hydrogen-bond donors (Lipinski definition) is 1. The Morgan fingerprint density at radius 3 is 2.53 bits per heavy atom. The Bertz CT molecular complexity index is 483. The second kappa shape index (κ2) is 5.46. The molecule has 0 radical (unpaired) electrons. The highest BCUT2D eigenvalue weighted by Gasteiger charge is 2.07. The molecule has 0 saturated carbocycles. The van der Waals surface area contributed by atoms with Crippen molar-refractivity contribution >= 4 is 0 Å². The Labute approximate surface area is 101 Å². The summed E-state index contributed by atoms with van der Waals surface area (Å²) < 4.78 is 5.42. The fraction of sp³-hybridized carbons (Fsp3) is 0.214. The van der Waals surface area contributed by atoms with Crippen molar-refractivity contribution in [3.63, 3.8) is 0 Å². The summed E-state index contributed by atoms with van der Waals surface area (Å²) in [5.74, 6) is 0.511. The fourth-order valence-corrected chi connectivity index (χ4v) is 1.62. The second-order valence-electron chi connectivity index (χ2n) is 3.62. The van der Waals surface area contributed by atoms with E-state index in [0.29, 0.717) is 18.1 Å². The minimum absolute atomic E-state index is 0.0581. The van der Waals surface area contributed by atoms with E-state index in [1.165, 1.54) is 0 Å². The molecule has 0 atom stereocenters. The molecule has 0 unspecified atom stereocenters. The summed E-state index contributed by atoms with van der Waals surface area (Å²) in [6.45, 7) is 2.38. The lowest BCUT2D eigenvalue weighted by atomic mass is 10.1. The van der Waals surface area contributed by atoms with E-state index in [4.69, 9.17) is 4.74 Å². The van der Waals surface area contributed by atoms with Gasteiger partial charge < -0.3 is 9.84 Å². The van der Waals surface area contributed by atoms with Crippen LogP contribution in [0.25, 0.3) is 11.3 Å². The van der Waals surface area contributed by atoms with Crippen molar-refractivity contribution in [1.29, 1.82) is 0 Å². The van der Waals surface area contributed by atoms with Crippen molar-refractivity contribution in [2.45, 2.75) is 13.5 Å². The molecule has 0 aliphatic rings. The highest BCUT2D eigenvalue weighted by Crippen LogP contribution is 2.23. The van der Waals surface area contributed by atoms with Gasteiger partial charge in [-0.3, -0.25) is 0 Å². The molecule has 0 spiro atoms. The lowest BCUT2D eigenvalue weighted by molar-refractivity contribution is 0.263. The van der Waals surface area contributed by atoms with Gasteiger partial charge in [-0.1, -0.05) is 30.3 Å². The topological polar surface area (TPSA) is 42.4 Å². The SMILES string of the molecule is CCOc1nc(-c2ccccc2)ccc1CO. The van der Waals surface area contributed by atoms with Gasteiger partial charge in [0, 0.05) is 11.1 Å². The van der Waals surface area contributed by atoms with Crippen LogP contribution in [0.5, 0.6) is 5.88 Å². The first kappa shape index (κ1) is 11.6. The van der Waals surface area contributed by atoms with E-state index in [2.05, 4.69) is 4.98 Å². The van der Waals surface area contributed by atoms with E-state index < -0.39 is 0 Å². The van der Waals surface area contributed by atoms with Gasteiger partial charge in [-0.05, 0) is 19.1 Å². The van der Waals surface area contributed by atoms with Gasteiger partial charge in [-0.25, -0.2) is 4.98 Å². The minimum atomic E-state index is -0.0581. The second-order valence-corrected chi connectivity index (χ2v) is 3.62. The average Bonchev–Trinajstić information content (AvgIpc) is 2.40. The molecule has 2 aromatic rings. The molecule has 0 amide bonds. The maximum Gasteiger partial charge on any atom is 0.219 e. The summed E-state index contributed by atoms with van der Waals surface area (Å²) in [4.78, 5) is 4.42. The molecule has 1 N–H and O–H groups in total. The van der Waals surface area contributed by atoms with E-state index in [1.807, 2.05) is 49.4 Å².